The number of aromatic nitrogens is 2. The van der Waals surface area contributed by atoms with Crippen molar-refractivity contribution in [2.24, 2.45) is 0 Å². The van der Waals surface area contributed by atoms with Crippen LogP contribution >= 0.6 is 0 Å². The smallest absolute Gasteiger partial charge is 0.188 e. The average Bonchev–Trinajstić information content (AvgIpc) is 2.74. The summed E-state index contributed by atoms with van der Waals surface area (Å²) in [6, 6.07) is 5.85. The number of aryl methyl sites for hydroxylation is 1. The van der Waals surface area contributed by atoms with E-state index in [4.69, 9.17) is 4.52 Å². The Bertz CT molecular complexity index is 462. The summed E-state index contributed by atoms with van der Waals surface area (Å²) in [5, 5.41) is 4.12. The van der Waals surface area contributed by atoms with E-state index in [0.29, 0.717) is 0 Å². The topological polar surface area (TPSA) is 38.9 Å². The molecule has 0 fully saturated rings. The summed E-state index contributed by atoms with van der Waals surface area (Å²) in [4.78, 5) is 4.30. The summed E-state index contributed by atoms with van der Waals surface area (Å²) >= 11 is 0. The molecule has 3 rings (SSSR count). The first-order chi connectivity index (χ1) is 7.45. The number of hydrogen-bond donors (Lipinski definition) is 0. The summed E-state index contributed by atoms with van der Waals surface area (Å²) in [5.41, 5.74) is 3.29. The van der Waals surface area contributed by atoms with Crippen molar-refractivity contribution in [3.8, 4) is 11.5 Å². The predicted molar refractivity (Wildman–Crippen MR) is 56.4 cm³/mol. The Balaban J connectivity index is 2.09. The van der Waals surface area contributed by atoms with E-state index in [0.717, 1.165) is 30.0 Å². The summed E-state index contributed by atoms with van der Waals surface area (Å²) in [7, 11) is 0. The zero-order valence-corrected chi connectivity index (χ0v) is 8.44. The van der Waals surface area contributed by atoms with Crippen molar-refractivity contribution in [1.29, 1.82) is 0 Å². The third-order valence-electron chi connectivity index (χ3n) is 2.86. The maximum absolute atomic E-state index is 5.39. The van der Waals surface area contributed by atoms with Crippen LogP contribution in [0.25, 0.3) is 11.5 Å². The van der Waals surface area contributed by atoms with Crippen molar-refractivity contribution in [2.75, 3.05) is 0 Å². The van der Waals surface area contributed by atoms with Gasteiger partial charge in [0.15, 0.2) is 5.76 Å². The number of nitrogens with zero attached hydrogens (tertiary/aromatic N) is 2. The number of hydrogen-bond acceptors (Lipinski definition) is 3. The highest BCUT2D eigenvalue weighted by molar-refractivity contribution is 5.57. The normalized spacial score (nSPS) is 14.9. The minimum Gasteiger partial charge on any atom is -0.354 e. The molecule has 2 aromatic heterocycles. The maximum Gasteiger partial charge on any atom is 0.188 e. The molecule has 0 atom stereocenters. The molecule has 0 saturated heterocycles. The lowest BCUT2D eigenvalue weighted by atomic mass is 9.95. The molecule has 3 heteroatoms. The highest BCUT2D eigenvalue weighted by Gasteiger charge is 2.20. The van der Waals surface area contributed by atoms with Crippen molar-refractivity contribution in [2.45, 2.75) is 25.7 Å². The van der Waals surface area contributed by atoms with E-state index in [1.807, 2.05) is 18.2 Å². The molecule has 0 unspecified atom stereocenters. The standard InChI is InChI=1S/C12H12N2O/c1-2-6-10-9(5-1)12(15-14-10)11-7-3-4-8-13-11/h3-4,7-8H,1-2,5-6H2. The number of pyridine rings is 1. The van der Waals surface area contributed by atoms with E-state index in [1.54, 1.807) is 6.20 Å². The summed E-state index contributed by atoms with van der Waals surface area (Å²) in [5.74, 6) is 0.866. The summed E-state index contributed by atoms with van der Waals surface area (Å²) < 4.78 is 5.39. The second kappa shape index (κ2) is 3.50. The van der Waals surface area contributed by atoms with Crippen LogP contribution in [0.2, 0.25) is 0 Å². The van der Waals surface area contributed by atoms with Gasteiger partial charge in [-0.05, 0) is 37.8 Å². The number of rotatable bonds is 1. The molecule has 3 nitrogen and oxygen atoms in total. The highest BCUT2D eigenvalue weighted by atomic mass is 16.5. The first-order valence-electron chi connectivity index (χ1n) is 5.34. The van der Waals surface area contributed by atoms with Crippen molar-refractivity contribution in [3.63, 3.8) is 0 Å². The predicted octanol–water partition coefficient (Wildman–Crippen LogP) is 2.62. The van der Waals surface area contributed by atoms with Gasteiger partial charge in [-0.1, -0.05) is 11.2 Å². The lowest BCUT2D eigenvalue weighted by Crippen LogP contribution is -2.01. The van der Waals surface area contributed by atoms with Crippen LogP contribution < -0.4 is 0 Å². The molecule has 1 aliphatic rings. The van der Waals surface area contributed by atoms with Crippen LogP contribution in [0.4, 0.5) is 0 Å². The molecular formula is C12H12N2O. The fourth-order valence-electron chi connectivity index (χ4n) is 2.09. The Morgan fingerprint density at radius 2 is 2.07 bits per heavy atom. The number of fused-ring (bicyclic) bond motifs is 1. The lowest BCUT2D eigenvalue weighted by molar-refractivity contribution is 0.422. The van der Waals surface area contributed by atoms with Gasteiger partial charge in [0.05, 0.1) is 5.69 Å². The third kappa shape index (κ3) is 1.44. The third-order valence-corrected chi connectivity index (χ3v) is 2.86. The van der Waals surface area contributed by atoms with Gasteiger partial charge in [-0.15, -0.1) is 0 Å². The van der Waals surface area contributed by atoms with Gasteiger partial charge >= 0.3 is 0 Å². The van der Waals surface area contributed by atoms with E-state index < -0.39 is 0 Å². The van der Waals surface area contributed by atoms with Crippen LogP contribution in [0.15, 0.2) is 28.9 Å². The van der Waals surface area contributed by atoms with E-state index >= 15 is 0 Å². The van der Waals surface area contributed by atoms with Gasteiger partial charge in [0, 0.05) is 11.8 Å². The minimum absolute atomic E-state index is 0.866. The van der Waals surface area contributed by atoms with Crippen LogP contribution in [-0.2, 0) is 12.8 Å². The monoisotopic (exact) mass is 200 g/mol. The highest BCUT2D eigenvalue weighted by Crippen LogP contribution is 2.29. The van der Waals surface area contributed by atoms with Crippen molar-refractivity contribution in [1.82, 2.24) is 10.1 Å². The average molecular weight is 200 g/mol. The molecule has 0 bridgehead atoms. The molecule has 0 amide bonds. The summed E-state index contributed by atoms with van der Waals surface area (Å²) in [6.07, 6.45) is 6.36. The second-order valence-corrected chi connectivity index (χ2v) is 3.86. The van der Waals surface area contributed by atoms with Gasteiger partial charge in [0.1, 0.15) is 5.69 Å². The van der Waals surface area contributed by atoms with Crippen molar-refractivity contribution in [3.05, 3.63) is 35.7 Å². The molecule has 0 aliphatic heterocycles. The largest absolute Gasteiger partial charge is 0.354 e. The molecule has 0 radical (unpaired) electrons. The van der Waals surface area contributed by atoms with Gasteiger partial charge < -0.3 is 4.52 Å². The first-order valence-corrected chi connectivity index (χ1v) is 5.34. The molecule has 0 saturated carbocycles. The quantitative estimate of drug-likeness (QED) is 0.710. The van der Waals surface area contributed by atoms with Gasteiger partial charge in [-0.2, -0.15) is 0 Å². The first kappa shape index (κ1) is 8.65. The maximum atomic E-state index is 5.39. The zero-order valence-electron chi connectivity index (χ0n) is 8.44. The fourth-order valence-corrected chi connectivity index (χ4v) is 2.09. The van der Waals surface area contributed by atoms with E-state index in [2.05, 4.69) is 10.1 Å². The van der Waals surface area contributed by atoms with Crippen LogP contribution in [0.3, 0.4) is 0 Å². The van der Waals surface area contributed by atoms with Gasteiger partial charge in [-0.3, -0.25) is 4.98 Å². The van der Waals surface area contributed by atoms with Crippen molar-refractivity contribution >= 4 is 0 Å². The molecular weight excluding hydrogens is 188 g/mol. The zero-order chi connectivity index (χ0) is 10.1. The van der Waals surface area contributed by atoms with Crippen LogP contribution in [0.1, 0.15) is 24.1 Å². The van der Waals surface area contributed by atoms with E-state index in [1.165, 1.54) is 18.4 Å². The SMILES string of the molecule is c1ccc(-c2onc3c2CCCC3)nc1. The van der Waals surface area contributed by atoms with Crippen molar-refractivity contribution < 1.29 is 4.52 Å². The van der Waals surface area contributed by atoms with Gasteiger partial charge in [0.2, 0.25) is 0 Å². The van der Waals surface area contributed by atoms with Crippen LogP contribution in [0, 0.1) is 0 Å². The Hall–Kier alpha value is -1.64. The Labute approximate surface area is 88.1 Å². The van der Waals surface area contributed by atoms with Crippen LogP contribution in [-0.4, -0.2) is 10.1 Å². The molecule has 1 aliphatic carbocycles. The molecule has 0 spiro atoms. The van der Waals surface area contributed by atoms with Crippen LogP contribution in [0.5, 0.6) is 0 Å². The molecule has 76 valence electrons. The second-order valence-electron chi connectivity index (χ2n) is 3.86. The Morgan fingerprint density at radius 1 is 1.13 bits per heavy atom. The fraction of sp³-hybridized carbons (Fsp3) is 0.333. The molecule has 2 aromatic rings. The summed E-state index contributed by atoms with van der Waals surface area (Å²) in [6.45, 7) is 0. The molecule has 0 N–H and O–H groups in total. The molecule has 15 heavy (non-hydrogen) atoms. The van der Waals surface area contributed by atoms with Gasteiger partial charge in [-0.25, -0.2) is 0 Å². The lowest BCUT2D eigenvalue weighted by Gasteiger charge is -2.08. The Morgan fingerprint density at radius 3 is 2.93 bits per heavy atom. The van der Waals surface area contributed by atoms with E-state index in [-0.39, 0.29) is 0 Å². The molecule has 0 aromatic carbocycles. The van der Waals surface area contributed by atoms with Gasteiger partial charge in [0.25, 0.3) is 0 Å². The minimum atomic E-state index is 0.866. The van der Waals surface area contributed by atoms with E-state index in [9.17, 15) is 0 Å². The molecule has 2 heterocycles. The Kier molecular flexibility index (Phi) is 2.02.